The predicted octanol–water partition coefficient (Wildman–Crippen LogP) is 1.70. The lowest BCUT2D eigenvalue weighted by Crippen LogP contribution is -2.39. The van der Waals surface area contributed by atoms with Crippen molar-refractivity contribution >= 4 is 5.69 Å². The molecule has 1 aliphatic heterocycles. The maximum atomic E-state index is 5.38. The van der Waals surface area contributed by atoms with Gasteiger partial charge in [-0.25, -0.2) is 0 Å². The summed E-state index contributed by atoms with van der Waals surface area (Å²) in [5.74, 6) is 0. The first-order valence-electron chi connectivity index (χ1n) is 5.08. The number of aromatic nitrogens is 1. The number of hydrogen-bond acceptors (Lipinski definition) is 3. The molecule has 0 saturated carbocycles. The van der Waals surface area contributed by atoms with E-state index >= 15 is 0 Å². The highest BCUT2D eigenvalue weighted by Crippen LogP contribution is 2.19. The van der Waals surface area contributed by atoms with Crippen molar-refractivity contribution in [3.05, 3.63) is 24.5 Å². The molecule has 2 rings (SSSR count). The van der Waals surface area contributed by atoms with E-state index in [1.165, 1.54) is 18.5 Å². The molecule has 1 saturated heterocycles. The highest BCUT2D eigenvalue weighted by molar-refractivity contribution is 5.44. The van der Waals surface area contributed by atoms with E-state index < -0.39 is 0 Å². The molecule has 0 aliphatic carbocycles. The third-order valence-electron chi connectivity index (χ3n) is 2.72. The fourth-order valence-corrected chi connectivity index (χ4v) is 1.91. The summed E-state index contributed by atoms with van der Waals surface area (Å²) in [5.41, 5.74) is 1.20. The Morgan fingerprint density at radius 2 is 2.50 bits per heavy atom. The molecule has 0 N–H and O–H groups in total. The average molecular weight is 192 g/mol. The SMILES string of the molecule is CO[C@@H]1CCCN(c2cccnc2)C1. The average Bonchev–Trinajstić information content (AvgIpc) is 2.30. The van der Waals surface area contributed by atoms with E-state index in [2.05, 4.69) is 16.0 Å². The Kier molecular flexibility index (Phi) is 2.99. The lowest BCUT2D eigenvalue weighted by molar-refractivity contribution is 0.0893. The van der Waals surface area contributed by atoms with Gasteiger partial charge in [0.2, 0.25) is 0 Å². The van der Waals surface area contributed by atoms with E-state index in [1.807, 2.05) is 12.3 Å². The van der Waals surface area contributed by atoms with Gasteiger partial charge in [0.05, 0.1) is 18.0 Å². The second kappa shape index (κ2) is 4.42. The van der Waals surface area contributed by atoms with Gasteiger partial charge in [0.25, 0.3) is 0 Å². The Morgan fingerprint density at radius 3 is 3.21 bits per heavy atom. The minimum absolute atomic E-state index is 0.379. The second-order valence-corrected chi connectivity index (χ2v) is 3.66. The van der Waals surface area contributed by atoms with Crippen LogP contribution in [-0.4, -0.2) is 31.3 Å². The molecule has 0 radical (unpaired) electrons. The van der Waals surface area contributed by atoms with Crippen molar-refractivity contribution in [2.75, 3.05) is 25.1 Å². The zero-order valence-electron chi connectivity index (χ0n) is 8.52. The van der Waals surface area contributed by atoms with Crippen molar-refractivity contribution in [3.8, 4) is 0 Å². The number of methoxy groups -OCH3 is 1. The first-order valence-corrected chi connectivity index (χ1v) is 5.08. The van der Waals surface area contributed by atoms with Crippen molar-refractivity contribution in [2.45, 2.75) is 18.9 Å². The van der Waals surface area contributed by atoms with Crippen molar-refractivity contribution < 1.29 is 4.74 Å². The van der Waals surface area contributed by atoms with Gasteiger partial charge in [-0.3, -0.25) is 4.98 Å². The molecule has 0 bridgehead atoms. The highest BCUT2D eigenvalue weighted by Gasteiger charge is 2.19. The van der Waals surface area contributed by atoms with Crippen LogP contribution in [0.1, 0.15) is 12.8 Å². The standard InChI is InChI=1S/C11H16N2O/c1-14-11-5-3-7-13(9-11)10-4-2-6-12-8-10/h2,4,6,8,11H,3,5,7,9H2,1H3/t11-/m1/s1. The van der Waals surface area contributed by atoms with E-state index in [-0.39, 0.29) is 0 Å². The number of hydrogen-bond donors (Lipinski definition) is 0. The zero-order valence-corrected chi connectivity index (χ0v) is 8.52. The van der Waals surface area contributed by atoms with Crippen LogP contribution >= 0.6 is 0 Å². The topological polar surface area (TPSA) is 25.4 Å². The summed E-state index contributed by atoms with van der Waals surface area (Å²) >= 11 is 0. The molecule has 0 unspecified atom stereocenters. The molecule has 0 spiro atoms. The fourth-order valence-electron chi connectivity index (χ4n) is 1.91. The van der Waals surface area contributed by atoms with Gasteiger partial charge in [-0.2, -0.15) is 0 Å². The van der Waals surface area contributed by atoms with Crippen LogP contribution in [0.5, 0.6) is 0 Å². The lowest BCUT2D eigenvalue weighted by Gasteiger charge is -2.33. The van der Waals surface area contributed by atoms with Crippen LogP contribution < -0.4 is 4.90 Å². The van der Waals surface area contributed by atoms with Gasteiger partial charge in [0.15, 0.2) is 0 Å². The lowest BCUT2D eigenvalue weighted by atomic mass is 10.1. The molecule has 1 aromatic rings. The van der Waals surface area contributed by atoms with Gasteiger partial charge < -0.3 is 9.64 Å². The Balaban J connectivity index is 2.04. The minimum Gasteiger partial charge on any atom is -0.380 e. The number of ether oxygens (including phenoxy) is 1. The van der Waals surface area contributed by atoms with Crippen LogP contribution in [0.4, 0.5) is 5.69 Å². The van der Waals surface area contributed by atoms with Crippen LogP contribution in [0.25, 0.3) is 0 Å². The molecule has 1 aromatic heterocycles. The third kappa shape index (κ3) is 2.04. The number of anilines is 1. The Hall–Kier alpha value is -1.09. The maximum Gasteiger partial charge on any atom is 0.0746 e. The summed E-state index contributed by atoms with van der Waals surface area (Å²) in [7, 11) is 1.79. The Labute approximate surface area is 84.7 Å². The zero-order chi connectivity index (χ0) is 9.80. The molecule has 3 heteroatoms. The van der Waals surface area contributed by atoms with E-state index in [1.54, 1.807) is 13.3 Å². The summed E-state index contributed by atoms with van der Waals surface area (Å²) in [4.78, 5) is 6.47. The highest BCUT2D eigenvalue weighted by atomic mass is 16.5. The van der Waals surface area contributed by atoms with Crippen molar-refractivity contribution in [3.63, 3.8) is 0 Å². The van der Waals surface area contributed by atoms with E-state index in [4.69, 9.17) is 4.74 Å². The van der Waals surface area contributed by atoms with Crippen molar-refractivity contribution in [2.24, 2.45) is 0 Å². The molecular formula is C11H16N2O. The fraction of sp³-hybridized carbons (Fsp3) is 0.545. The van der Waals surface area contributed by atoms with Crippen molar-refractivity contribution in [1.82, 2.24) is 4.98 Å². The quantitative estimate of drug-likeness (QED) is 0.713. The van der Waals surface area contributed by atoms with Crippen LogP contribution in [0.2, 0.25) is 0 Å². The Morgan fingerprint density at radius 1 is 1.57 bits per heavy atom. The van der Waals surface area contributed by atoms with E-state index in [0.717, 1.165) is 13.1 Å². The van der Waals surface area contributed by atoms with Crippen LogP contribution in [-0.2, 0) is 4.74 Å². The Bertz CT molecular complexity index is 276. The number of nitrogens with zero attached hydrogens (tertiary/aromatic N) is 2. The van der Waals surface area contributed by atoms with Crippen molar-refractivity contribution in [1.29, 1.82) is 0 Å². The van der Waals surface area contributed by atoms with E-state index in [9.17, 15) is 0 Å². The molecular weight excluding hydrogens is 176 g/mol. The molecule has 14 heavy (non-hydrogen) atoms. The predicted molar refractivity (Wildman–Crippen MR) is 56.5 cm³/mol. The molecule has 0 amide bonds. The molecule has 1 atom stereocenters. The molecule has 2 heterocycles. The number of piperidine rings is 1. The van der Waals surface area contributed by atoms with Gasteiger partial charge >= 0.3 is 0 Å². The summed E-state index contributed by atoms with van der Waals surface area (Å²) in [5, 5.41) is 0. The molecule has 76 valence electrons. The second-order valence-electron chi connectivity index (χ2n) is 3.66. The minimum atomic E-state index is 0.379. The summed E-state index contributed by atoms with van der Waals surface area (Å²) in [6.07, 6.45) is 6.48. The number of pyridine rings is 1. The normalized spacial score (nSPS) is 22.4. The summed E-state index contributed by atoms with van der Waals surface area (Å²) in [6, 6.07) is 4.08. The third-order valence-corrected chi connectivity index (χ3v) is 2.72. The first kappa shape index (κ1) is 9.46. The van der Waals surface area contributed by atoms with Gasteiger partial charge in [-0.15, -0.1) is 0 Å². The van der Waals surface area contributed by atoms with Crippen LogP contribution in [0.3, 0.4) is 0 Å². The molecule has 3 nitrogen and oxygen atoms in total. The van der Waals surface area contributed by atoms with Gasteiger partial charge in [0, 0.05) is 26.4 Å². The summed E-state index contributed by atoms with van der Waals surface area (Å²) in [6.45, 7) is 2.10. The maximum absolute atomic E-state index is 5.38. The smallest absolute Gasteiger partial charge is 0.0746 e. The number of rotatable bonds is 2. The van der Waals surface area contributed by atoms with Gasteiger partial charge in [0.1, 0.15) is 0 Å². The van der Waals surface area contributed by atoms with E-state index in [0.29, 0.717) is 6.10 Å². The van der Waals surface area contributed by atoms with Crippen LogP contribution in [0, 0.1) is 0 Å². The first-order chi connectivity index (χ1) is 6.90. The van der Waals surface area contributed by atoms with Crippen LogP contribution in [0.15, 0.2) is 24.5 Å². The van der Waals surface area contributed by atoms with Gasteiger partial charge in [-0.05, 0) is 25.0 Å². The van der Waals surface area contributed by atoms with Gasteiger partial charge in [-0.1, -0.05) is 0 Å². The summed E-state index contributed by atoms with van der Waals surface area (Å²) < 4.78 is 5.38. The molecule has 1 fully saturated rings. The largest absolute Gasteiger partial charge is 0.380 e. The molecule has 1 aliphatic rings. The monoisotopic (exact) mass is 192 g/mol. The molecule has 0 aromatic carbocycles.